The Balaban J connectivity index is 2.45. The summed E-state index contributed by atoms with van der Waals surface area (Å²) in [5.74, 6) is 0.954. The zero-order chi connectivity index (χ0) is 12.8. The number of hydrogen-bond acceptors (Lipinski definition) is 2. The first-order valence-electron chi connectivity index (χ1n) is 6.09. The number of aryl methyl sites for hydroxylation is 1. The van der Waals surface area contributed by atoms with Gasteiger partial charge in [-0.1, -0.05) is 32.6 Å². The standard InChI is InChI=1S/C15H23NO/c1-11(2)16-9-12(3)10-17-15-8-6-7-13(4)14(15)5/h6-8,11,16H,3,9-10H2,1-2,4-5H3. The van der Waals surface area contributed by atoms with E-state index in [-0.39, 0.29) is 0 Å². The summed E-state index contributed by atoms with van der Waals surface area (Å²) in [6.45, 7) is 13.8. The molecule has 1 aromatic carbocycles. The molecule has 0 saturated carbocycles. The normalized spacial score (nSPS) is 10.6. The van der Waals surface area contributed by atoms with Crippen LogP contribution in [0.4, 0.5) is 0 Å². The molecule has 0 fully saturated rings. The molecule has 2 heteroatoms. The molecule has 94 valence electrons. The van der Waals surface area contributed by atoms with Crippen molar-refractivity contribution in [2.75, 3.05) is 13.2 Å². The largest absolute Gasteiger partial charge is 0.489 e. The van der Waals surface area contributed by atoms with Gasteiger partial charge >= 0.3 is 0 Å². The molecule has 1 aromatic rings. The molecule has 0 saturated heterocycles. The van der Waals surface area contributed by atoms with Gasteiger partial charge in [0.1, 0.15) is 12.4 Å². The van der Waals surface area contributed by atoms with Crippen molar-refractivity contribution in [3.63, 3.8) is 0 Å². The summed E-state index contributed by atoms with van der Waals surface area (Å²) in [4.78, 5) is 0. The van der Waals surface area contributed by atoms with Gasteiger partial charge in [0.15, 0.2) is 0 Å². The molecular formula is C15H23NO. The maximum Gasteiger partial charge on any atom is 0.122 e. The number of rotatable bonds is 6. The molecule has 0 atom stereocenters. The van der Waals surface area contributed by atoms with Crippen LogP contribution in [-0.4, -0.2) is 19.2 Å². The Bertz CT molecular complexity index is 383. The highest BCUT2D eigenvalue weighted by Crippen LogP contribution is 2.20. The second kappa shape index (κ2) is 6.45. The Kier molecular flexibility index (Phi) is 5.23. The molecule has 0 spiro atoms. The molecule has 2 nitrogen and oxygen atoms in total. The van der Waals surface area contributed by atoms with Gasteiger partial charge in [-0.05, 0) is 36.6 Å². The van der Waals surface area contributed by atoms with Gasteiger partial charge in [-0.25, -0.2) is 0 Å². The van der Waals surface area contributed by atoms with Crippen molar-refractivity contribution in [1.29, 1.82) is 0 Å². The lowest BCUT2D eigenvalue weighted by molar-refractivity contribution is 0.344. The molecular weight excluding hydrogens is 210 g/mol. The fourth-order valence-corrected chi connectivity index (χ4v) is 1.46. The van der Waals surface area contributed by atoms with E-state index >= 15 is 0 Å². The maximum atomic E-state index is 5.77. The molecule has 1 N–H and O–H groups in total. The first-order valence-corrected chi connectivity index (χ1v) is 6.09. The van der Waals surface area contributed by atoms with Crippen LogP contribution in [0.15, 0.2) is 30.4 Å². The van der Waals surface area contributed by atoms with E-state index < -0.39 is 0 Å². The van der Waals surface area contributed by atoms with Gasteiger partial charge in [0, 0.05) is 12.6 Å². The highest BCUT2D eigenvalue weighted by molar-refractivity contribution is 5.38. The summed E-state index contributed by atoms with van der Waals surface area (Å²) >= 11 is 0. The van der Waals surface area contributed by atoms with Crippen LogP contribution in [0.2, 0.25) is 0 Å². The number of hydrogen-bond donors (Lipinski definition) is 1. The third-order valence-electron chi connectivity index (χ3n) is 2.75. The molecule has 0 aliphatic carbocycles. The van der Waals surface area contributed by atoms with Crippen molar-refractivity contribution >= 4 is 0 Å². The fourth-order valence-electron chi connectivity index (χ4n) is 1.46. The summed E-state index contributed by atoms with van der Waals surface area (Å²) in [5.41, 5.74) is 3.53. The average molecular weight is 233 g/mol. The Morgan fingerprint density at radius 2 is 2.06 bits per heavy atom. The second-order valence-electron chi connectivity index (χ2n) is 4.77. The average Bonchev–Trinajstić information content (AvgIpc) is 2.28. The van der Waals surface area contributed by atoms with Crippen LogP contribution in [0, 0.1) is 13.8 Å². The lowest BCUT2D eigenvalue weighted by Crippen LogP contribution is -2.26. The zero-order valence-corrected chi connectivity index (χ0v) is 11.3. The number of ether oxygens (including phenoxy) is 1. The molecule has 1 rings (SSSR count). The van der Waals surface area contributed by atoms with Crippen LogP contribution in [0.5, 0.6) is 5.75 Å². The smallest absolute Gasteiger partial charge is 0.122 e. The van der Waals surface area contributed by atoms with Gasteiger partial charge < -0.3 is 10.1 Å². The van der Waals surface area contributed by atoms with E-state index in [1.54, 1.807) is 0 Å². The van der Waals surface area contributed by atoms with Crippen LogP contribution in [0.3, 0.4) is 0 Å². The summed E-state index contributed by atoms with van der Waals surface area (Å²) in [5, 5.41) is 3.33. The second-order valence-corrected chi connectivity index (χ2v) is 4.77. The Morgan fingerprint density at radius 1 is 1.35 bits per heavy atom. The van der Waals surface area contributed by atoms with Crippen molar-refractivity contribution in [2.45, 2.75) is 33.7 Å². The summed E-state index contributed by atoms with van der Waals surface area (Å²) in [7, 11) is 0. The predicted molar refractivity (Wildman–Crippen MR) is 73.7 cm³/mol. The molecule has 0 bridgehead atoms. The quantitative estimate of drug-likeness (QED) is 0.762. The topological polar surface area (TPSA) is 21.3 Å². The monoisotopic (exact) mass is 233 g/mol. The zero-order valence-electron chi connectivity index (χ0n) is 11.3. The van der Waals surface area contributed by atoms with E-state index in [0.29, 0.717) is 12.6 Å². The van der Waals surface area contributed by atoms with Crippen LogP contribution < -0.4 is 10.1 Å². The van der Waals surface area contributed by atoms with Crippen molar-refractivity contribution < 1.29 is 4.74 Å². The molecule has 0 aliphatic rings. The first-order chi connectivity index (χ1) is 8.00. The molecule has 0 radical (unpaired) electrons. The third-order valence-corrected chi connectivity index (χ3v) is 2.75. The van der Waals surface area contributed by atoms with Gasteiger partial charge in [-0.15, -0.1) is 0 Å². The maximum absolute atomic E-state index is 5.77. The molecule has 0 heterocycles. The van der Waals surface area contributed by atoms with Crippen LogP contribution in [0.1, 0.15) is 25.0 Å². The van der Waals surface area contributed by atoms with Gasteiger partial charge in [0.2, 0.25) is 0 Å². The van der Waals surface area contributed by atoms with Crippen molar-refractivity contribution in [1.82, 2.24) is 5.32 Å². The lowest BCUT2D eigenvalue weighted by atomic mass is 10.1. The van der Waals surface area contributed by atoms with Gasteiger partial charge in [0.05, 0.1) is 0 Å². The van der Waals surface area contributed by atoms with Crippen molar-refractivity contribution in [2.24, 2.45) is 0 Å². The van der Waals surface area contributed by atoms with Gasteiger partial charge in [-0.3, -0.25) is 0 Å². The minimum atomic E-state index is 0.479. The highest BCUT2D eigenvalue weighted by atomic mass is 16.5. The molecule has 0 aliphatic heterocycles. The molecule has 0 aromatic heterocycles. The Hall–Kier alpha value is -1.28. The first kappa shape index (κ1) is 13.8. The summed E-state index contributed by atoms with van der Waals surface area (Å²) in [6, 6.07) is 6.60. The minimum Gasteiger partial charge on any atom is -0.489 e. The van der Waals surface area contributed by atoms with E-state index in [1.165, 1.54) is 11.1 Å². The predicted octanol–water partition coefficient (Wildman–Crippen LogP) is 3.24. The van der Waals surface area contributed by atoms with Gasteiger partial charge in [0.25, 0.3) is 0 Å². The van der Waals surface area contributed by atoms with E-state index in [4.69, 9.17) is 4.74 Å². The summed E-state index contributed by atoms with van der Waals surface area (Å²) < 4.78 is 5.77. The number of benzene rings is 1. The Morgan fingerprint density at radius 3 is 2.71 bits per heavy atom. The van der Waals surface area contributed by atoms with E-state index in [1.807, 2.05) is 12.1 Å². The lowest BCUT2D eigenvalue weighted by Gasteiger charge is -2.14. The van der Waals surface area contributed by atoms with Crippen LogP contribution >= 0.6 is 0 Å². The van der Waals surface area contributed by atoms with Crippen molar-refractivity contribution in [3.8, 4) is 5.75 Å². The minimum absolute atomic E-state index is 0.479. The van der Waals surface area contributed by atoms with E-state index in [0.717, 1.165) is 17.9 Å². The van der Waals surface area contributed by atoms with E-state index in [9.17, 15) is 0 Å². The van der Waals surface area contributed by atoms with E-state index in [2.05, 4.69) is 45.7 Å². The SMILES string of the molecule is C=C(CNC(C)C)COc1cccc(C)c1C. The van der Waals surface area contributed by atoms with Crippen LogP contribution in [0.25, 0.3) is 0 Å². The highest BCUT2D eigenvalue weighted by Gasteiger charge is 2.03. The van der Waals surface area contributed by atoms with Crippen molar-refractivity contribution in [3.05, 3.63) is 41.5 Å². The third kappa shape index (κ3) is 4.61. The Labute approximate surface area is 105 Å². The molecule has 17 heavy (non-hydrogen) atoms. The van der Waals surface area contributed by atoms with Gasteiger partial charge in [-0.2, -0.15) is 0 Å². The van der Waals surface area contributed by atoms with Crippen LogP contribution in [-0.2, 0) is 0 Å². The molecule has 0 unspecified atom stereocenters. The number of nitrogens with one attached hydrogen (secondary N) is 1. The fraction of sp³-hybridized carbons (Fsp3) is 0.467. The summed E-state index contributed by atoms with van der Waals surface area (Å²) in [6.07, 6.45) is 0. The molecule has 0 amide bonds.